The standard InChI is InChI=1S/C15H22N4O2S2.ClH/c1-7(5-16)17-13(20)10(4)22-6-11-18-14(21)12-8(2)9(3)23-15(12)19-11;/h7,10H,5-6,16H2,1-4H3,(H,17,20)(H,18,19,21);1H/t7-,10?;/m0./s1. The summed E-state index contributed by atoms with van der Waals surface area (Å²) >= 11 is 2.96. The van der Waals surface area contributed by atoms with Crippen LogP contribution in [0.2, 0.25) is 0 Å². The van der Waals surface area contributed by atoms with Crippen LogP contribution in [-0.2, 0) is 10.5 Å². The van der Waals surface area contributed by atoms with Gasteiger partial charge in [-0.25, -0.2) is 4.98 Å². The zero-order valence-corrected chi connectivity index (χ0v) is 16.6. The predicted octanol–water partition coefficient (Wildman–Crippen LogP) is 2.11. The maximum atomic E-state index is 12.2. The van der Waals surface area contributed by atoms with Crippen molar-refractivity contribution in [2.24, 2.45) is 5.73 Å². The molecule has 0 aliphatic carbocycles. The first-order chi connectivity index (χ1) is 10.8. The largest absolute Gasteiger partial charge is 0.351 e. The molecule has 0 fully saturated rings. The number of carbonyl (C=O) groups is 1. The normalized spacial score (nSPS) is 13.4. The number of aromatic nitrogens is 2. The van der Waals surface area contributed by atoms with Crippen molar-refractivity contribution >= 4 is 51.6 Å². The summed E-state index contributed by atoms with van der Waals surface area (Å²) in [5.41, 5.74) is 6.38. The molecule has 2 rings (SSSR count). The van der Waals surface area contributed by atoms with Crippen LogP contribution < -0.4 is 16.6 Å². The van der Waals surface area contributed by atoms with Crippen LogP contribution in [0.4, 0.5) is 0 Å². The van der Waals surface area contributed by atoms with E-state index in [0.717, 1.165) is 15.3 Å². The van der Waals surface area contributed by atoms with Gasteiger partial charge in [-0.2, -0.15) is 0 Å². The lowest BCUT2D eigenvalue weighted by molar-refractivity contribution is -0.120. The fraction of sp³-hybridized carbons (Fsp3) is 0.533. The van der Waals surface area contributed by atoms with E-state index in [1.807, 2.05) is 27.7 Å². The molecule has 2 aromatic heterocycles. The monoisotopic (exact) mass is 390 g/mol. The molecule has 0 aromatic carbocycles. The first-order valence-corrected chi connectivity index (χ1v) is 9.31. The first kappa shape index (κ1) is 21.0. The SMILES string of the molecule is Cc1sc2nc(CSC(C)C(=O)N[C@@H](C)CN)[nH]c(=O)c2c1C.Cl. The Morgan fingerprint density at radius 2 is 2.08 bits per heavy atom. The molecular weight excluding hydrogens is 368 g/mol. The van der Waals surface area contributed by atoms with Crippen molar-refractivity contribution in [1.29, 1.82) is 0 Å². The molecule has 0 saturated heterocycles. The van der Waals surface area contributed by atoms with Gasteiger partial charge in [-0.05, 0) is 33.3 Å². The Labute approximate surface area is 155 Å². The number of hydrogen-bond acceptors (Lipinski definition) is 6. The maximum absolute atomic E-state index is 12.2. The van der Waals surface area contributed by atoms with Crippen molar-refractivity contribution in [2.45, 2.75) is 44.7 Å². The molecule has 6 nitrogen and oxygen atoms in total. The Balaban J connectivity index is 0.00000288. The number of fused-ring (bicyclic) bond motifs is 1. The molecule has 0 aliphatic rings. The highest BCUT2D eigenvalue weighted by Gasteiger charge is 2.17. The van der Waals surface area contributed by atoms with Crippen molar-refractivity contribution in [3.05, 3.63) is 26.6 Å². The summed E-state index contributed by atoms with van der Waals surface area (Å²) in [6.45, 7) is 8.03. The van der Waals surface area contributed by atoms with Crippen LogP contribution in [0.25, 0.3) is 10.2 Å². The molecular formula is C15H23ClN4O2S2. The molecule has 0 spiro atoms. The van der Waals surface area contributed by atoms with Gasteiger partial charge in [0, 0.05) is 17.5 Å². The number of nitrogens with one attached hydrogen (secondary N) is 2. The average molecular weight is 391 g/mol. The first-order valence-electron chi connectivity index (χ1n) is 7.44. The summed E-state index contributed by atoms with van der Waals surface area (Å²) in [7, 11) is 0. The summed E-state index contributed by atoms with van der Waals surface area (Å²) in [5.74, 6) is 1.02. The lowest BCUT2D eigenvalue weighted by atomic mass is 10.2. The molecule has 9 heteroatoms. The van der Waals surface area contributed by atoms with E-state index in [1.165, 1.54) is 23.1 Å². The van der Waals surface area contributed by atoms with Gasteiger partial charge in [-0.1, -0.05) is 0 Å². The van der Waals surface area contributed by atoms with Gasteiger partial charge in [0.15, 0.2) is 0 Å². The summed E-state index contributed by atoms with van der Waals surface area (Å²) in [6.07, 6.45) is 0. The van der Waals surface area contributed by atoms with Gasteiger partial charge in [-0.15, -0.1) is 35.5 Å². The molecule has 0 saturated carbocycles. The minimum Gasteiger partial charge on any atom is -0.351 e. The van der Waals surface area contributed by atoms with Gasteiger partial charge in [0.2, 0.25) is 5.91 Å². The molecule has 24 heavy (non-hydrogen) atoms. The summed E-state index contributed by atoms with van der Waals surface area (Å²) in [6, 6.07) is -0.0445. The van der Waals surface area contributed by atoms with Gasteiger partial charge >= 0.3 is 0 Å². The Kier molecular flexibility index (Phi) is 7.72. The molecule has 134 valence electrons. The molecule has 2 atom stereocenters. The number of carbonyl (C=O) groups excluding carboxylic acids is 1. The van der Waals surface area contributed by atoms with E-state index in [1.54, 1.807) is 0 Å². The summed E-state index contributed by atoms with van der Waals surface area (Å²) in [5, 5.41) is 3.27. The van der Waals surface area contributed by atoms with E-state index in [-0.39, 0.29) is 35.2 Å². The summed E-state index contributed by atoms with van der Waals surface area (Å²) in [4.78, 5) is 33.4. The van der Waals surface area contributed by atoms with Crippen LogP contribution in [0.15, 0.2) is 4.79 Å². The third kappa shape index (κ3) is 4.72. The fourth-order valence-electron chi connectivity index (χ4n) is 2.07. The molecule has 0 radical (unpaired) electrons. The topological polar surface area (TPSA) is 101 Å². The average Bonchev–Trinajstić information content (AvgIpc) is 2.79. The van der Waals surface area contributed by atoms with E-state index in [4.69, 9.17) is 5.73 Å². The maximum Gasteiger partial charge on any atom is 0.259 e. The van der Waals surface area contributed by atoms with Gasteiger partial charge in [0.05, 0.1) is 16.4 Å². The van der Waals surface area contributed by atoms with Crippen LogP contribution >= 0.6 is 35.5 Å². The predicted molar refractivity (Wildman–Crippen MR) is 104 cm³/mol. The third-order valence-corrected chi connectivity index (χ3v) is 5.92. The van der Waals surface area contributed by atoms with E-state index in [2.05, 4.69) is 15.3 Å². The van der Waals surface area contributed by atoms with E-state index in [9.17, 15) is 9.59 Å². The summed E-state index contributed by atoms with van der Waals surface area (Å²) < 4.78 is 0. The number of rotatable bonds is 6. The lowest BCUT2D eigenvalue weighted by Crippen LogP contribution is -2.41. The minimum absolute atomic E-state index is 0. The number of nitrogens with two attached hydrogens (primary N) is 1. The highest BCUT2D eigenvalue weighted by Crippen LogP contribution is 2.26. The van der Waals surface area contributed by atoms with Crippen molar-refractivity contribution in [3.8, 4) is 0 Å². The highest BCUT2D eigenvalue weighted by molar-refractivity contribution is 7.99. The number of H-pyrrole nitrogens is 1. The van der Waals surface area contributed by atoms with Gasteiger partial charge in [0.1, 0.15) is 10.7 Å². The molecule has 2 heterocycles. The van der Waals surface area contributed by atoms with Gasteiger partial charge in [-0.3, -0.25) is 9.59 Å². The van der Waals surface area contributed by atoms with Gasteiger partial charge < -0.3 is 16.0 Å². The molecule has 1 unspecified atom stereocenters. The van der Waals surface area contributed by atoms with Gasteiger partial charge in [0.25, 0.3) is 5.56 Å². The quantitative estimate of drug-likeness (QED) is 0.701. The smallest absolute Gasteiger partial charge is 0.259 e. The fourth-order valence-corrected chi connectivity index (χ4v) is 3.88. The zero-order valence-electron chi connectivity index (χ0n) is 14.1. The lowest BCUT2D eigenvalue weighted by Gasteiger charge is -2.15. The number of nitrogens with zero attached hydrogens (tertiary/aromatic N) is 1. The van der Waals surface area contributed by atoms with Crippen LogP contribution in [0.3, 0.4) is 0 Å². The molecule has 0 aliphatic heterocycles. The van der Waals surface area contributed by atoms with E-state index >= 15 is 0 Å². The van der Waals surface area contributed by atoms with Crippen molar-refractivity contribution in [3.63, 3.8) is 0 Å². The molecule has 0 bridgehead atoms. The van der Waals surface area contributed by atoms with Crippen LogP contribution in [0.5, 0.6) is 0 Å². The Hall–Kier alpha value is -1.09. The second kappa shape index (κ2) is 8.84. The zero-order chi connectivity index (χ0) is 17.1. The Bertz CT molecular complexity index is 775. The second-order valence-corrected chi connectivity index (χ2v) is 8.11. The van der Waals surface area contributed by atoms with E-state index < -0.39 is 0 Å². The van der Waals surface area contributed by atoms with Crippen molar-refractivity contribution in [2.75, 3.05) is 6.54 Å². The Morgan fingerprint density at radius 3 is 2.71 bits per heavy atom. The van der Waals surface area contributed by atoms with Crippen molar-refractivity contribution in [1.82, 2.24) is 15.3 Å². The van der Waals surface area contributed by atoms with Crippen LogP contribution in [0.1, 0.15) is 30.1 Å². The molecule has 4 N–H and O–H groups in total. The van der Waals surface area contributed by atoms with Crippen molar-refractivity contribution < 1.29 is 4.79 Å². The van der Waals surface area contributed by atoms with Crippen LogP contribution in [-0.4, -0.2) is 33.7 Å². The molecule has 2 aromatic rings. The minimum atomic E-state index is -0.239. The van der Waals surface area contributed by atoms with E-state index in [0.29, 0.717) is 23.5 Å². The number of amides is 1. The highest BCUT2D eigenvalue weighted by atomic mass is 35.5. The number of thiophene rings is 1. The number of thioether (sulfide) groups is 1. The number of aryl methyl sites for hydroxylation is 2. The van der Waals surface area contributed by atoms with Crippen LogP contribution in [0, 0.1) is 13.8 Å². The number of aromatic amines is 1. The number of hydrogen-bond donors (Lipinski definition) is 3. The third-order valence-electron chi connectivity index (χ3n) is 3.67. The number of halogens is 1. The Morgan fingerprint density at radius 1 is 1.42 bits per heavy atom. The molecule has 1 amide bonds. The second-order valence-electron chi connectivity index (χ2n) is 5.57.